The first-order valence-electron chi connectivity index (χ1n) is 9.10. The number of aryl methyl sites for hydroxylation is 1. The number of hydrogen-bond donors (Lipinski definition) is 1. The Morgan fingerprint density at radius 3 is 2.20 bits per heavy atom. The van der Waals surface area contributed by atoms with Crippen molar-refractivity contribution in [3.05, 3.63) is 17.5 Å². The van der Waals surface area contributed by atoms with Gasteiger partial charge in [-0.25, -0.2) is 0 Å². The first-order chi connectivity index (χ1) is 11.7. The van der Waals surface area contributed by atoms with E-state index >= 15 is 0 Å². The number of amides is 1. The number of nitrogens with zero attached hydrogens (tertiary/aromatic N) is 2. The monoisotopic (exact) mass is 355 g/mol. The summed E-state index contributed by atoms with van der Waals surface area (Å²) in [5, 5.41) is 6.84. The summed E-state index contributed by atoms with van der Waals surface area (Å²) in [6, 6.07) is 0.248. The summed E-state index contributed by atoms with van der Waals surface area (Å²) in [5.74, 6) is 1.88. The number of nitrogens with one attached hydrogen (secondary N) is 1. The molecule has 0 aliphatic heterocycles. The molecule has 138 valence electrons. The Bertz CT molecular complexity index is 659. The highest BCUT2D eigenvalue weighted by molar-refractivity contribution is 5.80. The van der Waals surface area contributed by atoms with E-state index in [4.69, 9.17) is 0 Å². The number of carbonyl (C=O) groups is 1. The summed E-state index contributed by atoms with van der Waals surface area (Å²) in [5.41, 5.74) is -0.742. The lowest BCUT2D eigenvalue weighted by Crippen LogP contribution is -2.60. The Morgan fingerprint density at radius 2 is 1.76 bits per heavy atom. The van der Waals surface area contributed by atoms with Crippen molar-refractivity contribution < 1.29 is 18.0 Å². The number of rotatable bonds is 3. The summed E-state index contributed by atoms with van der Waals surface area (Å²) in [6.45, 7) is 3.17. The molecule has 1 aromatic heterocycles. The van der Waals surface area contributed by atoms with E-state index in [-0.39, 0.29) is 11.4 Å². The highest BCUT2D eigenvalue weighted by atomic mass is 19.4. The Labute approximate surface area is 145 Å². The Kier molecular flexibility index (Phi) is 3.71. The van der Waals surface area contributed by atoms with Gasteiger partial charge in [0.05, 0.1) is 0 Å². The predicted octanol–water partition coefficient (Wildman–Crippen LogP) is 3.86. The highest BCUT2D eigenvalue weighted by Crippen LogP contribution is 2.55. The van der Waals surface area contributed by atoms with Crippen LogP contribution in [0.3, 0.4) is 0 Å². The molecule has 1 amide bonds. The summed E-state index contributed by atoms with van der Waals surface area (Å²) < 4.78 is 39.8. The van der Waals surface area contributed by atoms with Gasteiger partial charge in [0, 0.05) is 11.2 Å². The molecule has 4 saturated carbocycles. The molecule has 1 atom stereocenters. The van der Waals surface area contributed by atoms with Crippen LogP contribution in [-0.2, 0) is 11.0 Å². The molecule has 1 heterocycles. The second-order valence-electron chi connectivity index (χ2n) is 8.48. The average molecular weight is 355 g/mol. The molecule has 4 nitrogen and oxygen atoms in total. The van der Waals surface area contributed by atoms with Crippen LogP contribution in [-0.4, -0.2) is 21.2 Å². The molecule has 1 N–H and O–H groups in total. The average Bonchev–Trinajstić information content (AvgIpc) is 2.86. The summed E-state index contributed by atoms with van der Waals surface area (Å²) in [6.07, 6.45) is 2.38. The van der Waals surface area contributed by atoms with E-state index in [1.165, 1.54) is 23.9 Å². The number of carbonyl (C=O) groups excluding carboxylic acids is 1. The van der Waals surface area contributed by atoms with Crippen LogP contribution in [0.4, 0.5) is 13.2 Å². The van der Waals surface area contributed by atoms with Gasteiger partial charge in [-0.1, -0.05) is 0 Å². The van der Waals surface area contributed by atoms with Gasteiger partial charge in [0.1, 0.15) is 6.04 Å². The smallest absolute Gasteiger partial charge is 0.349 e. The SMILES string of the molecule is Cc1cc(C(F)(F)F)nn1[C@@H](C)C(=O)NC12CC3CC(CC(C3)C1)C2. The van der Waals surface area contributed by atoms with Gasteiger partial charge in [-0.2, -0.15) is 18.3 Å². The van der Waals surface area contributed by atoms with Crippen molar-refractivity contribution in [2.24, 2.45) is 17.8 Å². The van der Waals surface area contributed by atoms with Gasteiger partial charge in [-0.05, 0) is 76.2 Å². The van der Waals surface area contributed by atoms with E-state index in [9.17, 15) is 18.0 Å². The third-order valence-electron chi connectivity index (χ3n) is 6.39. The van der Waals surface area contributed by atoms with Crippen molar-refractivity contribution in [3.63, 3.8) is 0 Å². The van der Waals surface area contributed by atoms with E-state index in [0.29, 0.717) is 23.4 Å². The van der Waals surface area contributed by atoms with Gasteiger partial charge in [0.2, 0.25) is 5.91 Å². The zero-order valence-corrected chi connectivity index (χ0v) is 14.6. The zero-order valence-electron chi connectivity index (χ0n) is 14.6. The van der Waals surface area contributed by atoms with Crippen LogP contribution >= 0.6 is 0 Å². The van der Waals surface area contributed by atoms with Crippen LogP contribution in [0.15, 0.2) is 6.07 Å². The van der Waals surface area contributed by atoms with Crippen molar-refractivity contribution >= 4 is 5.91 Å². The van der Waals surface area contributed by atoms with Crippen LogP contribution in [0.2, 0.25) is 0 Å². The Balaban J connectivity index is 1.51. The van der Waals surface area contributed by atoms with E-state index < -0.39 is 17.9 Å². The van der Waals surface area contributed by atoms with Gasteiger partial charge in [-0.15, -0.1) is 0 Å². The van der Waals surface area contributed by atoms with Gasteiger partial charge < -0.3 is 5.32 Å². The first kappa shape index (κ1) is 16.9. The van der Waals surface area contributed by atoms with Crippen molar-refractivity contribution in [1.29, 1.82) is 0 Å². The van der Waals surface area contributed by atoms with E-state index in [1.807, 2.05) is 0 Å². The molecule has 0 spiro atoms. The molecule has 0 aromatic carbocycles. The van der Waals surface area contributed by atoms with Crippen molar-refractivity contribution in [1.82, 2.24) is 15.1 Å². The molecule has 0 unspecified atom stereocenters. The topological polar surface area (TPSA) is 46.9 Å². The maximum atomic E-state index is 12.9. The molecule has 5 rings (SSSR count). The number of aromatic nitrogens is 2. The van der Waals surface area contributed by atoms with E-state index in [2.05, 4.69) is 10.4 Å². The number of alkyl halides is 3. The van der Waals surface area contributed by atoms with Crippen LogP contribution < -0.4 is 5.32 Å². The lowest BCUT2D eigenvalue weighted by atomic mass is 9.53. The van der Waals surface area contributed by atoms with Crippen LogP contribution in [0.25, 0.3) is 0 Å². The lowest BCUT2D eigenvalue weighted by Gasteiger charge is -2.57. The molecule has 4 bridgehead atoms. The van der Waals surface area contributed by atoms with Crippen molar-refractivity contribution in [3.8, 4) is 0 Å². The lowest BCUT2D eigenvalue weighted by molar-refractivity contribution is -0.142. The summed E-state index contributed by atoms with van der Waals surface area (Å²) >= 11 is 0. The minimum atomic E-state index is -4.49. The standard InChI is InChI=1S/C18H24F3N3O/c1-10-3-15(18(19,20)21)23-24(10)11(2)16(25)22-17-7-12-4-13(8-17)6-14(5-12)9-17/h3,11-14H,4-9H2,1-2H3,(H,22,25)/t11-,12?,13?,14?,17?/m0/s1. The molecular formula is C18H24F3N3O. The maximum Gasteiger partial charge on any atom is 0.435 e. The minimum absolute atomic E-state index is 0.145. The first-order valence-corrected chi connectivity index (χ1v) is 9.10. The fraction of sp³-hybridized carbons (Fsp3) is 0.778. The molecular weight excluding hydrogens is 331 g/mol. The fourth-order valence-corrected chi connectivity index (χ4v) is 5.76. The van der Waals surface area contributed by atoms with Crippen LogP contribution in [0.1, 0.15) is 62.9 Å². The number of halogens is 3. The van der Waals surface area contributed by atoms with Crippen molar-refractivity contribution in [2.75, 3.05) is 0 Å². The second kappa shape index (κ2) is 5.48. The molecule has 4 aliphatic rings. The molecule has 0 radical (unpaired) electrons. The highest BCUT2D eigenvalue weighted by Gasteiger charge is 2.51. The normalized spacial score (nSPS) is 35.0. The largest absolute Gasteiger partial charge is 0.435 e. The molecule has 0 saturated heterocycles. The van der Waals surface area contributed by atoms with E-state index in [1.54, 1.807) is 13.8 Å². The van der Waals surface area contributed by atoms with Crippen LogP contribution in [0.5, 0.6) is 0 Å². The molecule has 4 aliphatic carbocycles. The molecule has 4 fully saturated rings. The third kappa shape index (κ3) is 2.95. The second-order valence-corrected chi connectivity index (χ2v) is 8.48. The maximum absolute atomic E-state index is 12.9. The minimum Gasteiger partial charge on any atom is -0.349 e. The van der Waals surface area contributed by atoms with Crippen molar-refractivity contribution in [2.45, 2.75) is 70.1 Å². The Hall–Kier alpha value is -1.53. The Morgan fingerprint density at radius 1 is 1.24 bits per heavy atom. The fourth-order valence-electron chi connectivity index (χ4n) is 5.76. The summed E-state index contributed by atoms with van der Waals surface area (Å²) in [7, 11) is 0. The van der Waals surface area contributed by atoms with Gasteiger partial charge >= 0.3 is 6.18 Å². The number of hydrogen-bond acceptors (Lipinski definition) is 2. The van der Waals surface area contributed by atoms with Crippen LogP contribution in [0, 0.1) is 24.7 Å². The molecule has 1 aromatic rings. The summed E-state index contributed by atoms with van der Waals surface area (Å²) in [4.78, 5) is 12.8. The molecule has 25 heavy (non-hydrogen) atoms. The molecule has 7 heteroatoms. The van der Waals surface area contributed by atoms with Gasteiger partial charge in [0.25, 0.3) is 0 Å². The van der Waals surface area contributed by atoms with Gasteiger partial charge in [0.15, 0.2) is 5.69 Å². The third-order valence-corrected chi connectivity index (χ3v) is 6.39. The van der Waals surface area contributed by atoms with Gasteiger partial charge in [-0.3, -0.25) is 9.48 Å². The quantitative estimate of drug-likeness (QED) is 0.895. The zero-order chi connectivity index (χ0) is 18.0. The van der Waals surface area contributed by atoms with E-state index in [0.717, 1.165) is 25.3 Å². The predicted molar refractivity (Wildman–Crippen MR) is 85.7 cm³/mol.